The van der Waals surface area contributed by atoms with Crippen molar-refractivity contribution in [2.24, 2.45) is 0 Å². The number of rotatable bonds is 5. The molecule has 84 valence electrons. The zero-order valence-electron chi connectivity index (χ0n) is 9.69. The quantitative estimate of drug-likeness (QED) is 0.557. The van der Waals surface area contributed by atoms with Crippen molar-refractivity contribution in [2.75, 3.05) is 6.61 Å². The van der Waals surface area contributed by atoms with E-state index in [4.69, 9.17) is 4.74 Å². The Morgan fingerprint density at radius 1 is 1.38 bits per heavy atom. The van der Waals surface area contributed by atoms with E-state index < -0.39 is 0 Å². The molecule has 0 aliphatic heterocycles. The van der Waals surface area contributed by atoms with Crippen LogP contribution in [0, 0.1) is 0 Å². The summed E-state index contributed by atoms with van der Waals surface area (Å²) in [5, 5.41) is 0. The second-order valence-electron chi connectivity index (χ2n) is 3.44. The van der Waals surface area contributed by atoms with Crippen LogP contribution < -0.4 is 4.74 Å². The number of ether oxygens (including phenoxy) is 1. The molecule has 0 saturated carbocycles. The van der Waals surface area contributed by atoms with Gasteiger partial charge in [-0.05, 0) is 43.7 Å². The zero-order chi connectivity index (χ0) is 12.0. The number of benzene rings is 1. The molecule has 2 heteroatoms. The van der Waals surface area contributed by atoms with Crippen LogP contribution in [-0.2, 0) is 0 Å². The van der Waals surface area contributed by atoms with Crippen LogP contribution in [0.15, 0.2) is 48.6 Å². The lowest BCUT2D eigenvalue weighted by molar-refractivity contribution is 0.101. The molecule has 0 saturated heterocycles. The van der Waals surface area contributed by atoms with Crippen molar-refractivity contribution < 1.29 is 9.53 Å². The molecule has 0 N–H and O–H groups in total. The van der Waals surface area contributed by atoms with Gasteiger partial charge in [0.15, 0.2) is 5.78 Å². The van der Waals surface area contributed by atoms with Crippen molar-refractivity contribution in [3.8, 4) is 5.75 Å². The van der Waals surface area contributed by atoms with Crippen LogP contribution in [0.25, 0.3) is 0 Å². The predicted octanol–water partition coefficient (Wildman–Crippen LogP) is 3.40. The number of Topliss-reactive ketones (excluding diaryl/α,β-unsaturated/α-hetero) is 1. The molecular weight excluding hydrogens is 200 g/mol. The summed E-state index contributed by atoms with van der Waals surface area (Å²) in [6.45, 7) is 7.68. The SMILES string of the molecule is C=C/C(=C\C)COc1ccc(C(C)=O)cc1. The normalized spacial score (nSPS) is 11.0. The molecule has 0 aliphatic carbocycles. The minimum Gasteiger partial charge on any atom is -0.489 e. The summed E-state index contributed by atoms with van der Waals surface area (Å²) < 4.78 is 5.53. The lowest BCUT2D eigenvalue weighted by Crippen LogP contribution is -1.99. The van der Waals surface area contributed by atoms with E-state index >= 15 is 0 Å². The van der Waals surface area contributed by atoms with E-state index in [9.17, 15) is 4.79 Å². The molecule has 0 spiro atoms. The van der Waals surface area contributed by atoms with Crippen molar-refractivity contribution in [3.63, 3.8) is 0 Å². The summed E-state index contributed by atoms with van der Waals surface area (Å²) >= 11 is 0. The van der Waals surface area contributed by atoms with Crippen molar-refractivity contribution in [3.05, 3.63) is 54.1 Å². The minimum atomic E-state index is 0.0618. The van der Waals surface area contributed by atoms with E-state index in [1.807, 2.05) is 13.0 Å². The molecule has 2 nitrogen and oxygen atoms in total. The largest absolute Gasteiger partial charge is 0.489 e. The summed E-state index contributed by atoms with van der Waals surface area (Å²) in [4.78, 5) is 11.1. The highest BCUT2D eigenvalue weighted by Gasteiger charge is 1.99. The molecule has 0 bridgehead atoms. The number of carbonyl (C=O) groups is 1. The molecule has 0 aromatic heterocycles. The number of hydrogen-bond acceptors (Lipinski definition) is 2. The maximum absolute atomic E-state index is 11.1. The third-order valence-electron chi connectivity index (χ3n) is 2.30. The Balaban J connectivity index is 2.62. The van der Waals surface area contributed by atoms with Crippen molar-refractivity contribution in [2.45, 2.75) is 13.8 Å². The van der Waals surface area contributed by atoms with Gasteiger partial charge in [0.05, 0.1) is 0 Å². The monoisotopic (exact) mass is 216 g/mol. The van der Waals surface area contributed by atoms with E-state index in [0.29, 0.717) is 12.2 Å². The van der Waals surface area contributed by atoms with Crippen LogP contribution in [-0.4, -0.2) is 12.4 Å². The number of carbonyl (C=O) groups excluding carboxylic acids is 1. The molecule has 0 radical (unpaired) electrons. The lowest BCUT2D eigenvalue weighted by Gasteiger charge is -2.06. The molecular formula is C14H16O2. The molecule has 0 amide bonds. The Bertz CT molecular complexity index is 399. The van der Waals surface area contributed by atoms with E-state index in [1.165, 1.54) is 0 Å². The summed E-state index contributed by atoms with van der Waals surface area (Å²) in [6, 6.07) is 7.13. The first-order chi connectivity index (χ1) is 7.67. The van der Waals surface area contributed by atoms with Crippen LogP contribution in [0.3, 0.4) is 0 Å². The smallest absolute Gasteiger partial charge is 0.159 e. The zero-order valence-corrected chi connectivity index (χ0v) is 9.69. The second-order valence-corrected chi connectivity index (χ2v) is 3.44. The maximum Gasteiger partial charge on any atom is 0.159 e. The highest BCUT2D eigenvalue weighted by atomic mass is 16.5. The van der Waals surface area contributed by atoms with Gasteiger partial charge in [-0.2, -0.15) is 0 Å². The highest BCUT2D eigenvalue weighted by molar-refractivity contribution is 5.94. The first-order valence-electron chi connectivity index (χ1n) is 5.18. The topological polar surface area (TPSA) is 26.3 Å². The number of allylic oxidation sites excluding steroid dienone is 1. The molecule has 0 fully saturated rings. The first-order valence-corrected chi connectivity index (χ1v) is 5.18. The Kier molecular flexibility index (Phi) is 4.52. The fourth-order valence-electron chi connectivity index (χ4n) is 1.21. The van der Waals surface area contributed by atoms with Gasteiger partial charge in [0, 0.05) is 5.56 Å². The first kappa shape index (κ1) is 12.2. The van der Waals surface area contributed by atoms with Gasteiger partial charge >= 0.3 is 0 Å². The second kappa shape index (κ2) is 5.91. The van der Waals surface area contributed by atoms with Gasteiger partial charge in [0.1, 0.15) is 12.4 Å². The molecule has 1 aromatic carbocycles. The third kappa shape index (κ3) is 3.39. The third-order valence-corrected chi connectivity index (χ3v) is 2.30. The van der Waals surface area contributed by atoms with Crippen molar-refractivity contribution in [1.29, 1.82) is 0 Å². The molecule has 0 heterocycles. The van der Waals surface area contributed by atoms with Gasteiger partial charge < -0.3 is 4.74 Å². The van der Waals surface area contributed by atoms with E-state index in [1.54, 1.807) is 37.3 Å². The molecule has 0 atom stereocenters. The highest BCUT2D eigenvalue weighted by Crippen LogP contribution is 2.13. The van der Waals surface area contributed by atoms with Gasteiger partial charge in [-0.3, -0.25) is 4.79 Å². The Labute approximate surface area is 96.2 Å². The number of ketones is 1. The molecule has 1 aromatic rings. The average Bonchev–Trinajstić information content (AvgIpc) is 2.31. The van der Waals surface area contributed by atoms with E-state index in [-0.39, 0.29) is 5.78 Å². The molecule has 0 aliphatic rings. The molecule has 0 unspecified atom stereocenters. The van der Waals surface area contributed by atoms with Gasteiger partial charge in [0.25, 0.3) is 0 Å². The minimum absolute atomic E-state index is 0.0618. The fourth-order valence-corrected chi connectivity index (χ4v) is 1.21. The predicted molar refractivity (Wildman–Crippen MR) is 65.9 cm³/mol. The van der Waals surface area contributed by atoms with Gasteiger partial charge in [-0.25, -0.2) is 0 Å². The van der Waals surface area contributed by atoms with Gasteiger partial charge in [0.2, 0.25) is 0 Å². The average molecular weight is 216 g/mol. The van der Waals surface area contributed by atoms with E-state index in [0.717, 1.165) is 11.3 Å². The summed E-state index contributed by atoms with van der Waals surface area (Å²) in [6.07, 6.45) is 3.72. The van der Waals surface area contributed by atoms with Crippen LogP contribution in [0.4, 0.5) is 0 Å². The van der Waals surface area contributed by atoms with Gasteiger partial charge in [-0.1, -0.05) is 18.7 Å². The molecule has 1 rings (SSSR count). The van der Waals surface area contributed by atoms with Crippen molar-refractivity contribution in [1.82, 2.24) is 0 Å². The van der Waals surface area contributed by atoms with Crippen LogP contribution in [0.2, 0.25) is 0 Å². The summed E-state index contributed by atoms with van der Waals surface area (Å²) in [5.74, 6) is 0.818. The Hall–Kier alpha value is -1.83. The lowest BCUT2D eigenvalue weighted by atomic mass is 10.1. The van der Waals surface area contributed by atoms with Crippen molar-refractivity contribution >= 4 is 5.78 Å². The Morgan fingerprint density at radius 2 is 2.00 bits per heavy atom. The van der Waals surface area contributed by atoms with Crippen LogP contribution in [0.1, 0.15) is 24.2 Å². The Morgan fingerprint density at radius 3 is 2.44 bits per heavy atom. The van der Waals surface area contributed by atoms with Crippen LogP contribution in [0.5, 0.6) is 5.75 Å². The van der Waals surface area contributed by atoms with Gasteiger partial charge in [-0.15, -0.1) is 0 Å². The standard InChI is InChI=1S/C14H16O2/c1-4-12(5-2)10-16-14-8-6-13(7-9-14)11(3)15/h4-9H,1,10H2,2-3H3/b12-5+. The summed E-state index contributed by atoms with van der Waals surface area (Å²) in [5.41, 5.74) is 1.73. The van der Waals surface area contributed by atoms with Crippen LogP contribution >= 0.6 is 0 Å². The van der Waals surface area contributed by atoms with E-state index in [2.05, 4.69) is 6.58 Å². The fraction of sp³-hybridized carbons (Fsp3) is 0.214. The number of hydrogen-bond donors (Lipinski definition) is 0. The molecule has 16 heavy (non-hydrogen) atoms. The maximum atomic E-state index is 11.1. The summed E-state index contributed by atoms with van der Waals surface area (Å²) in [7, 11) is 0.